The van der Waals surface area contributed by atoms with Crippen LogP contribution < -0.4 is 10.1 Å². The van der Waals surface area contributed by atoms with Gasteiger partial charge in [0.05, 0.1) is 19.3 Å². The third kappa shape index (κ3) is 3.79. The van der Waals surface area contributed by atoms with Gasteiger partial charge in [-0.3, -0.25) is 4.79 Å². The molecule has 0 radical (unpaired) electrons. The van der Waals surface area contributed by atoms with Gasteiger partial charge in [0.15, 0.2) is 5.69 Å². The molecular weight excluding hydrogens is 380 g/mol. The summed E-state index contributed by atoms with van der Waals surface area (Å²) in [7, 11) is 1.65. The number of carbonyl (C=O) groups is 1. The van der Waals surface area contributed by atoms with E-state index in [1.807, 2.05) is 53.1 Å². The van der Waals surface area contributed by atoms with E-state index < -0.39 is 5.54 Å². The van der Waals surface area contributed by atoms with Gasteiger partial charge in [-0.1, -0.05) is 18.2 Å². The van der Waals surface area contributed by atoms with Gasteiger partial charge in [-0.2, -0.15) is 5.10 Å². The molecule has 3 heterocycles. The van der Waals surface area contributed by atoms with Crippen LogP contribution in [0.3, 0.4) is 0 Å². The number of aliphatic hydroxyl groups excluding tert-OH is 1. The van der Waals surface area contributed by atoms with E-state index in [0.717, 1.165) is 28.2 Å². The van der Waals surface area contributed by atoms with Gasteiger partial charge in [0.2, 0.25) is 0 Å². The molecular formula is C23H24N4O3. The van der Waals surface area contributed by atoms with Crippen LogP contribution in [0.25, 0.3) is 22.5 Å². The first-order chi connectivity index (χ1) is 14.4. The molecule has 0 bridgehead atoms. The zero-order chi connectivity index (χ0) is 21.3. The molecule has 0 atom stereocenters. The van der Waals surface area contributed by atoms with Crippen molar-refractivity contribution in [1.82, 2.24) is 19.5 Å². The number of amides is 1. The molecule has 4 rings (SSSR count). The van der Waals surface area contributed by atoms with Crippen LogP contribution in [-0.2, 0) is 0 Å². The second kappa shape index (κ2) is 7.68. The predicted octanol–water partition coefficient (Wildman–Crippen LogP) is 3.30. The second-order valence-electron chi connectivity index (χ2n) is 7.78. The number of benzene rings is 1. The highest BCUT2D eigenvalue weighted by Crippen LogP contribution is 2.26. The number of nitrogens with one attached hydrogen (secondary N) is 1. The smallest absolute Gasteiger partial charge is 0.272 e. The Bertz CT molecular complexity index is 1210. The number of hydrogen-bond acceptors (Lipinski definition) is 4. The van der Waals surface area contributed by atoms with Crippen LogP contribution in [0.4, 0.5) is 0 Å². The monoisotopic (exact) mass is 404 g/mol. The maximum atomic E-state index is 12.4. The van der Waals surface area contributed by atoms with Gasteiger partial charge in [-0.05, 0) is 61.4 Å². The van der Waals surface area contributed by atoms with Crippen molar-refractivity contribution in [2.45, 2.75) is 19.4 Å². The zero-order valence-corrected chi connectivity index (χ0v) is 17.2. The molecule has 0 fully saturated rings. The van der Waals surface area contributed by atoms with Crippen LogP contribution in [0, 0.1) is 0 Å². The molecule has 1 aromatic carbocycles. The van der Waals surface area contributed by atoms with E-state index in [4.69, 9.17) is 4.74 Å². The van der Waals surface area contributed by atoms with Crippen molar-refractivity contribution in [3.63, 3.8) is 0 Å². The van der Waals surface area contributed by atoms with Crippen molar-refractivity contribution in [2.24, 2.45) is 0 Å². The van der Waals surface area contributed by atoms with Gasteiger partial charge < -0.3 is 19.6 Å². The molecule has 0 aliphatic rings. The molecule has 0 saturated carbocycles. The third-order valence-electron chi connectivity index (χ3n) is 4.94. The van der Waals surface area contributed by atoms with Gasteiger partial charge in [0.1, 0.15) is 11.6 Å². The highest BCUT2D eigenvalue weighted by molar-refractivity contribution is 5.92. The molecule has 7 nitrogen and oxygen atoms in total. The molecule has 0 spiro atoms. The summed E-state index contributed by atoms with van der Waals surface area (Å²) in [5.41, 5.74) is 2.67. The summed E-state index contributed by atoms with van der Waals surface area (Å²) < 4.78 is 9.03. The quantitative estimate of drug-likeness (QED) is 0.517. The lowest BCUT2D eigenvalue weighted by molar-refractivity contribution is 0.0864. The first-order valence-electron chi connectivity index (χ1n) is 9.65. The molecule has 0 aliphatic heterocycles. The normalized spacial score (nSPS) is 11.6. The minimum absolute atomic E-state index is 0.157. The van der Waals surface area contributed by atoms with E-state index in [0.29, 0.717) is 0 Å². The fraction of sp³-hybridized carbons (Fsp3) is 0.217. The van der Waals surface area contributed by atoms with Gasteiger partial charge >= 0.3 is 0 Å². The SMILES string of the molecule is COc1cccc(-c2ccc3ccc(-n4ccc(C(=O)NC(C)(C)CO)n4)n3c2)c1. The average molecular weight is 404 g/mol. The lowest BCUT2D eigenvalue weighted by Gasteiger charge is -2.22. The van der Waals surface area contributed by atoms with Crippen LogP contribution in [-0.4, -0.2) is 44.5 Å². The fourth-order valence-corrected chi connectivity index (χ4v) is 3.23. The van der Waals surface area contributed by atoms with E-state index in [-0.39, 0.29) is 18.2 Å². The van der Waals surface area contributed by atoms with Gasteiger partial charge in [-0.15, -0.1) is 0 Å². The van der Waals surface area contributed by atoms with Crippen LogP contribution in [0.2, 0.25) is 0 Å². The molecule has 30 heavy (non-hydrogen) atoms. The van der Waals surface area contributed by atoms with Crippen molar-refractivity contribution in [2.75, 3.05) is 13.7 Å². The largest absolute Gasteiger partial charge is 0.497 e. The van der Waals surface area contributed by atoms with Crippen LogP contribution >= 0.6 is 0 Å². The minimum atomic E-state index is -0.714. The number of aromatic nitrogens is 3. The Morgan fingerprint density at radius 2 is 1.93 bits per heavy atom. The Labute approximate surface area is 174 Å². The standard InChI is InChI=1S/C23H24N4O3/c1-23(2,15-28)24-22(29)20-11-12-27(25-20)21-10-9-18-8-7-17(14-26(18)21)16-5-4-6-19(13-16)30-3/h4-14,28H,15H2,1-3H3,(H,24,29). The summed E-state index contributed by atoms with van der Waals surface area (Å²) in [4.78, 5) is 12.4. The maximum absolute atomic E-state index is 12.4. The Hall–Kier alpha value is -3.58. The Morgan fingerprint density at radius 1 is 1.13 bits per heavy atom. The van der Waals surface area contributed by atoms with Gasteiger partial charge in [0, 0.05) is 17.9 Å². The van der Waals surface area contributed by atoms with E-state index in [2.05, 4.69) is 16.5 Å². The Kier molecular flexibility index (Phi) is 5.05. The zero-order valence-electron chi connectivity index (χ0n) is 17.2. The van der Waals surface area contributed by atoms with Crippen molar-refractivity contribution in [3.05, 3.63) is 72.7 Å². The topological polar surface area (TPSA) is 80.8 Å². The molecule has 0 saturated heterocycles. The van der Waals surface area contributed by atoms with E-state index in [1.54, 1.807) is 37.9 Å². The molecule has 7 heteroatoms. The summed E-state index contributed by atoms with van der Waals surface area (Å²) in [6.45, 7) is 3.35. The number of nitrogens with zero attached hydrogens (tertiary/aromatic N) is 3. The number of fused-ring (bicyclic) bond motifs is 1. The number of ether oxygens (including phenoxy) is 1. The Balaban J connectivity index is 1.68. The number of methoxy groups -OCH3 is 1. The van der Waals surface area contributed by atoms with Crippen molar-refractivity contribution < 1.29 is 14.6 Å². The van der Waals surface area contributed by atoms with Crippen LogP contribution in [0.1, 0.15) is 24.3 Å². The highest BCUT2D eigenvalue weighted by Gasteiger charge is 2.21. The van der Waals surface area contributed by atoms with Crippen molar-refractivity contribution in [1.29, 1.82) is 0 Å². The summed E-state index contributed by atoms with van der Waals surface area (Å²) in [6, 6.07) is 17.6. The number of hydrogen-bond donors (Lipinski definition) is 2. The molecule has 1 amide bonds. The highest BCUT2D eigenvalue weighted by atomic mass is 16.5. The molecule has 0 unspecified atom stereocenters. The van der Waals surface area contributed by atoms with Crippen molar-refractivity contribution in [3.8, 4) is 22.7 Å². The molecule has 3 aromatic heterocycles. The number of pyridine rings is 1. The lowest BCUT2D eigenvalue weighted by atomic mass is 10.1. The van der Waals surface area contributed by atoms with E-state index in [9.17, 15) is 9.90 Å². The third-order valence-corrected chi connectivity index (χ3v) is 4.94. The Morgan fingerprint density at radius 3 is 2.70 bits per heavy atom. The fourth-order valence-electron chi connectivity index (χ4n) is 3.23. The average Bonchev–Trinajstić information content (AvgIpc) is 3.40. The van der Waals surface area contributed by atoms with Crippen molar-refractivity contribution >= 4 is 11.4 Å². The summed E-state index contributed by atoms with van der Waals surface area (Å²) >= 11 is 0. The number of aliphatic hydroxyl groups is 1. The molecule has 0 aliphatic carbocycles. The van der Waals surface area contributed by atoms with E-state index >= 15 is 0 Å². The van der Waals surface area contributed by atoms with Crippen LogP contribution in [0.15, 0.2) is 67.0 Å². The van der Waals surface area contributed by atoms with Gasteiger partial charge in [0.25, 0.3) is 5.91 Å². The maximum Gasteiger partial charge on any atom is 0.272 e. The molecule has 4 aromatic rings. The molecule has 154 valence electrons. The number of carbonyl (C=O) groups excluding carboxylic acids is 1. The summed E-state index contributed by atoms with van der Waals surface area (Å²) in [5.74, 6) is 1.29. The minimum Gasteiger partial charge on any atom is -0.497 e. The summed E-state index contributed by atoms with van der Waals surface area (Å²) in [5, 5.41) is 16.6. The lowest BCUT2D eigenvalue weighted by Crippen LogP contribution is -2.46. The second-order valence-corrected chi connectivity index (χ2v) is 7.78. The number of rotatable bonds is 6. The molecule has 2 N–H and O–H groups in total. The van der Waals surface area contributed by atoms with Gasteiger partial charge in [-0.25, -0.2) is 4.68 Å². The van der Waals surface area contributed by atoms with Crippen LogP contribution in [0.5, 0.6) is 5.75 Å². The first-order valence-corrected chi connectivity index (χ1v) is 9.65. The first kappa shape index (κ1) is 19.7. The summed E-state index contributed by atoms with van der Waals surface area (Å²) in [6.07, 6.45) is 3.79. The van der Waals surface area contributed by atoms with E-state index in [1.165, 1.54) is 0 Å². The predicted molar refractivity (Wildman–Crippen MR) is 115 cm³/mol.